The van der Waals surface area contributed by atoms with Crippen LogP contribution in [-0.4, -0.2) is 55.2 Å². The molecular weight excluding hydrogens is 376 g/mol. The smallest absolute Gasteiger partial charge is 0.275 e. The number of likely N-dealkylation sites (N-methyl/N-ethyl adjacent to an activating group) is 1. The topological polar surface area (TPSA) is 85.5 Å². The summed E-state index contributed by atoms with van der Waals surface area (Å²) in [7, 11) is -0.913. The van der Waals surface area contributed by atoms with E-state index in [1.165, 1.54) is 12.8 Å². The van der Waals surface area contributed by atoms with Gasteiger partial charge in [-0.3, -0.25) is 9.48 Å². The summed E-state index contributed by atoms with van der Waals surface area (Å²) in [6.45, 7) is 7.41. The number of nitrogens with zero attached hydrogens (tertiary/aromatic N) is 2. The van der Waals surface area contributed by atoms with Crippen LogP contribution in [0.25, 0.3) is 0 Å². The molecule has 2 fully saturated rings. The highest BCUT2D eigenvalue weighted by Gasteiger charge is 2.32. The molecule has 7 nitrogen and oxygen atoms in total. The highest BCUT2D eigenvalue weighted by atomic mass is 32.2. The molecule has 1 unspecified atom stereocenters. The molecule has 2 aliphatic rings. The summed E-state index contributed by atoms with van der Waals surface area (Å²) in [5, 5.41) is 7.83. The van der Waals surface area contributed by atoms with Crippen molar-refractivity contribution in [1.82, 2.24) is 15.1 Å². The first-order valence-electron chi connectivity index (χ1n) is 10.5. The maximum absolute atomic E-state index is 12.4. The third-order valence-electron chi connectivity index (χ3n) is 6.35. The molecule has 28 heavy (non-hydrogen) atoms. The van der Waals surface area contributed by atoms with Crippen molar-refractivity contribution >= 4 is 15.7 Å². The number of carbonyl (C=O) groups excluding carboxylic acids is 1. The Hall–Kier alpha value is -1.41. The van der Waals surface area contributed by atoms with E-state index in [1.54, 1.807) is 0 Å². The van der Waals surface area contributed by atoms with Crippen LogP contribution in [0.5, 0.6) is 0 Å². The van der Waals surface area contributed by atoms with Crippen molar-refractivity contribution < 1.29 is 18.1 Å². The third kappa shape index (κ3) is 5.14. The number of sulfone groups is 1. The predicted molar refractivity (Wildman–Crippen MR) is 109 cm³/mol. The number of quaternary nitrogens is 1. The summed E-state index contributed by atoms with van der Waals surface area (Å²) in [5.41, 5.74) is 3.09. The van der Waals surface area contributed by atoms with Crippen molar-refractivity contribution in [3.8, 4) is 0 Å². The van der Waals surface area contributed by atoms with E-state index in [2.05, 4.69) is 17.3 Å². The van der Waals surface area contributed by atoms with Crippen molar-refractivity contribution in [1.29, 1.82) is 0 Å². The molecule has 1 aromatic rings. The van der Waals surface area contributed by atoms with Gasteiger partial charge in [0.05, 0.1) is 35.9 Å². The number of amides is 1. The fourth-order valence-corrected chi connectivity index (χ4v) is 6.29. The second kappa shape index (κ2) is 8.53. The van der Waals surface area contributed by atoms with Gasteiger partial charge in [-0.2, -0.15) is 5.10 Å². The van der Waals surface area contributed by atoms with E-state index in [4.69, 9.17) is 0 Å². The van der Waals surface area contributed by atoms with E-state index in [-0.39, 0.29) is 23.5 Å². The maximum atomic E-state index is 12.4. The number of aromatic nitrogens is 2. The lowest BCUT2D eigenvalue weighted by Crippen LogP contribution is -3.09. The van der Waals surface area contributed by atoms with Crippen LogP contribution in [0.4, 0.5) is 0 Å². The van der Waals surface area contributed by atoms with Crippen LogP contribution in [0.3, 0.4) is 0 Å². The summed E-state index contributed by atoms with van der Waals surface area (Å²) in [6.07, 6.45) is 5.20. The average molecular weight is 412 g/mol. The summed E-state index contributed by atoms with van der Waals surface area (Å²) >= 11 is 0. The molecule has 1 aromatic heterocycles. The molecule has 2 N–H and O–H groups in total. The Morgan fingerprint density at radius 2 is 1.89 bits per heavy atom. The monoisotopic (exact) mass is 411 g/mol. The van der Waals surface area contributed by atoms with Crippen molar-refractivity contribution in [3.05, 3.63) is 17.0 Å². The molecule has 0 bridgehead atoms. The maximum Gasteiger partial charge on any atom is 0.275 e. The number of nitrogens with one attached hydrogen (secondary N) is 2. The van der Waals surface area contributed by atoms with E-state index < -0.39 is 9.84 Å². The van der Waals surface area contributed by atoms with E-state index in [1.807, 2.05) is 25.6 Å². The molecule has 1 amide bonds. The standard InChI is InChI=1S/C20H34N4O3S/c1-14-5-7-17(8-6-14)21-20(25)12-23(4)11-19-15(2)22-24(16(19)3)18-9-10-28(26,27)13-18/h14,17-18H,5-13H2,1-4H3,(H,21,25)/p+1/t14?,17?,18-/m1/s1. The lowest BCUT2D eigenvalue weighted by Gasteiger charge is -2.27. The summed E-state index contributed by atoms with van der Waals surface area (Å²) in [6, 6.07) is 0.266. The van der Waals surface area contributed by atoms with Crippen LogP contribution in [0.2, 0.25) is 0 Å². The zero-order valence-electron chi connectivity index (χ0n) is 17.6. The van der Waals surface area contributed by atoms with Gasteiger partial charge in [0, 0.05) is 11.7 Å². The minimum atomic E-state index is -2.94. The van der Waals surface area contributed by atoms with Gasteiger partial charge in [0.2, 0.25) is 0 Å². The molecule has 1 saturated heterocycles. The van der Waals surface area contributed by atoms with Gasteiger partial charge in [0.15, 0.2) is 16.4 Å². The Morgan fingerprint density at radius 3 is 2.50 bits per heavy atom. The van der Waals surface area contributed by atoms with Gasteiger partial charge < -0.3 is 10.2 Å². The van der Waals surface area contributed by atoms with Gasteiger partial charge in [-0.05, 0) is 51.9 Å². The zero-order chi connectivity index (χ0) is 20.5. The Labute approximate surface area is 168 Å². The van der Waals surface area contributed by atoms with Crippen LogP contribution >= 0.6 is 0 Å². The Balaban J connectivity index is 1.56. The normalized spacial score (nSPS) is 28.2. The average Bonchev–Trinajstić information content (AvgIpc) is 3.10. The molecule has 2 atom stereocenters. The van der Waals surface area contributed by atoms with E-state index in [9.17, 15) is 13.2 Å². The number of rotatable bonds is 6. The first kappa shape index (κ1) is 21.3. The van der Waals surface area contributed by atoms with Gasteiger partial charge in [-0.25, -0.2) is 8.42 Å². The molecule has 2 heterocycles. The van der Waals surface area contributed by atoms with Crippen molar-refractivity contribution in [3.63, 3.8) is 0 Å². The van der Waals surface area contributed by atoms with E-state index in [0.29, 0.717) is 25.6 Å². The molecule has 0 radical (unpaired) electrons. The highest BCUT2D eigenvalue weighted by molar-refractivity contribution is 7.91. The fourth-order valence-electron chi connectivity index (χ4n) is 4.60. The third-order valence-corrected chi connectivity index (χ3v) is 8.10. The predicted octanol–water partition coefficient (Wildman–Crippen LogP) is 0.569. The Bertz CT molecular complexity index is 810. The Morgan fingerprint density at radius 1 is 1.21 bits per heavy atom. The lowest BCUT2D eigenvalue weighted by atomic mass is 9.87. The zero-order valence-corrected chi connectivity index (χ0v) is 18.4. The number of hydrogen-bond acceptors (Lipinski definition) is 4. The molecule has 1 saturated carbocycles. The van der Waals surface area contributed by atoms with Crippen LogP contribution in [-0.2, 0) is 21.2 Å². The largest absolute Gasteiger partial charge is 0.348 e. The number of aryl methyl sites for hydroxylation is 1. The number of hydrogen-bond donors (Lipinski definition) is 2. The molecule has 1 aliphatic carbocycles. The quantitative estimate of drug-likeness (QED) is 0.717. The van der Waals surface area contributed by atoms with Gasteiger partial charge >= 0.3 is 0 Å². The lowest BCUT2D eigenvalue weighted by molar-refractivity contribution is -0.885. The van der Waals surface area contributed by atoms with Gasteiger partial charge in [-0.1, -0.05) is 6.92 Å². The van der Waals surface area contributed by atoms with Gasteiger partial charge in [0.1, 0.15) is 6.54 Å². The minimum Gasteiger partial charge on any atom is -0.348 e. The SMILES string of the molecule is Cc1nn([C@@H]2CCS(=O)(=O)C2)c(C)c1C[NH+](C)CC(=O)NC1CCC(C)CC1. The van der Waals surface area contributed by atoms with E-state index in [0.717, 1.165) is 40.6 Å². The number of carbonyl (C=O) groups is 1. The van der Waals surface area contributed by atoms with Crippen molar-refractivity contribution in [2.75, 3.05) is 25.1 Å². The molecule has 158 valence electrons. The molecule has 0 aromatic carbocycles. The van der Waals surface area contributed by atoms with Crippen LogP contribution in [0.1, 0.15) is 62.0 Å². The second-order valence-corrected chi connectivity index (χ2v) is 11.2. The molecule has 8 heteroatoms. The summed E-state index contributed by atoms with van der Waals surface area (Å²) < 4.78 is 25.5. The molecular formula is C20H35N4O3S+. The summed E-state index contributed by atoms with van der Waals surface area (Å²) in [5.74, 6) is 1.32. The molecule has 1 aliphatic heterocycles. The minimum absolute atomic E-state index is 0.0604. The van der Waals surface area contributed by atoms with Crippen LogP contribution in [0.15, 0.2) is 0 Å². The first-order chi connectivity index (χ1) is 13.1. The van der Waals surface area contributed by atoms with E-state index >= 15 is 0 Å². The first-order valence-corrected chi connectivity index (χ1v) is 12.3. The molecule has 3 rings (SSSR count). The van der Waals surface area contributed by atoms with Gasteiger partial charge in [0.25, 0.3) is 5.91 Å². The van der Waals surface area contributed by atoms with Crippen LogP contribution < -0.4 is 10.2 Å². The van der Waals surface area contributed by atoms with Crippen molar-refractivity contribution in [2.24, 2.45) is 5.92 Å². The fraction of sp³-hybridized carbons (Fsp3) is 0.800. The second-order valence-electron chi connectivity index (χ2n) is 8.99. The van der Waals surface area contributed by atoms with Crippen LogP contribution in [0, 0.1) is 19.8 Å². The summed E-state index contributed by atoms with van der Waals surface area (Å²) in [4.78, 5) is 13.5. The van der Waals surface area contributed by atoms with Gasteiger partial charge in [-0.15, -0.1) is 0 Å². The molecule has 0 spiro atoms. The van der Waals surface area contributed by atoms with Crippen molar-refractivity contribution in [2.45, 2.75) is 71.5 Å². The highest BCUT2D eigenvalue weighted by Crippen LogP contribution is 2.26. The Kier molecular flexibility index (Phi) is 6.49.